The van der Waals surface area contributed by atoms with Gasteiger partial charge in [-0.1, -0.05) is 0 Å². The fourth-order valence-corrected chi connectivity index (χ4v) is 2.88. The first-order valence-corrected chi connectivity index (χ1v) is 6.95. The van der Waals surface area contributed by atoms with E-state index in [1.54, 1.807) is 12.5 Å². The van der Waals surface area contributed by atoms with Crippen molar-refractivity contribution in [3.63, 3.8) is 0 Å². The summed E-state index contributed by atoms with van der Waals surface area (Å²) in [5.41, 5.74) is 2.72. The van der Waals surface area contributed by atoms with Gasteiger partial charge >= 0.3 is 0 Å². The number of carbonyl (C=O) groups excluding carboxylic acids is 1. The van der Waals surface area contributed by atoms with Crippen LogP contribution < -0.4 is 0 Å². The number of likely N-dealkylation sites (tertiary alicyclic amines) is 1. The summed E-state index contributed by atoms with van der Waals surface area (Å²) in [5.74, 6) is 0.0338. The van der Waals surface area contributed by atoms with Crippen molar-refractivity contribution in [3.8, 4) is 0 Å². The molecule has 0 aliphatic carbocycles. The Morgan fingerprint density at radius 2 is 2.35 bits per heavy atom. The normalized spacial score (nSPS) is 18.7. The lowest BCUT2D eigenvalue weighted by atomic mass is 10.2. The van der Waals surface area contributed by atoms with E-state index in [1.807, 2.05) is 16.5 Å². The third-order valence-electron chi connectivity index (χ3n) is 3.85. The van der Waals surface area contributed by atoms with Crippen LogP contribution in [0, 0.1) is 13.8 Å². The number of H-pyrrole nitrogens is 1. The SMILES string of the molecule is Cc1cc(C)n(C[C@@H]2CCCN2C(=O)c2cnc[nH]2)n1. The van der Waals surface area contributed by atoms with Crippen LogP contribution in [-0.4, -0.2) is 43.1 Å². The van der Waals surface area contributed by atoms with Gasteiger partial charge < -0.3 is 9.88 Å². The maximum atomic E-state index is 12.4. The molecule has 20 heavy (non-hydrogen) atoms. The average molecular weight is 273 g/mol. The number of aryl methyl sites for hydroxylation is 2. The molecule has 0 aromatic carbocycles. The second kappa shape index (κ2) is 5.11. The molecule has 6 nitrogen and oxygen atoms in total. The molecule has 1 N–H and O–H groups in total. The Hall–Kier alpha value is -2.11. The third-order valence-corrected chi connectivity index (χ3v) is 3.85. The number of nitrogens with one attached hydrogen (secondary N) is 1. The van der Waals surface area contributed by atoms with Gasteiger partial charge in [-0.25, -0.2) is 4.98 Å². The Morgan fingerprint density at radius 1 is 1.50 bits per heavy atom. The number of hydrogen-bond acceptors (Lipinski definition) is 3. The molecule has 106 valence electrons. The molecule has 0 unspecified atom stereocenters. The van der Waals surface area contributed by atoms with Crippen molar-refractivity contribution in [2.45, 2.75) is 39.3 Å². The van der Waals surface area contributed by atoms with Gasteiger partial charge in [-0.3, -0.25) is 9.48 Å². The van der Waals surface area contributed by atoms with Gasteiger partial charge in [0, 0.05) is 12.2 Å². The third kappa shape index (κ3) is 2.33. The Morgan fingerprint density at radius 3 is 3.00 bits per heavy atom. The van der Waals surface area contributed by atoms with Crippen molar-refractivity contribution >= 4 is 5.91 Å². The highest BCUT2D eigenvalue weighted by Crippen LogP contribution is 2.21. The van der Waals surface area contributed by atoms with Crippen molar-refractivity contribution in [1.82, 2.24) is 24.6 Å². The fraction of sp³-hybridized carbons (Fsp3) is 0.500. The monoisotopic (exact) mass is 273 g/mol. The topological polar surface area (TPSA) is 66.8 Å². The predicted octanol–water partition coefficient (Wildman–Crippen LogP) is 1.53. The lowest BCUT2D eigenvalue weighted by Crippen LogP contribution is -2.38. The summed E-state index contributed by atoms with van der Waals surface area (Å²) in [4.78, 5) is 21.2. The van der Waals surface area contributed by atoms with Crippen molar-refractivity contribution in [3.05, 3.63) is 35.7 Å². The van der Waals surface area contributed by atoms with Crippen LogP contribution in [0.5, 0.6) is 0 Å². The summed E-state index contributed by atoms with van der Waals surface area (Å²) in [7, 11) is 0. The summed E-state index contributed by atoms with van der Waals surface area (Å²) >= 11 is 0. The predicted molar refractivity (Wildman–Crippen MR) is 74.3 cm³/mol. The number of aromatic nitrogens is 4. The number of nitrogens with zero attached hydrogens (tertiary/aromatic N) is 4. The highest BCUT2D eigenvalue weighted by molar-refractivity contribution is 5.92. The number of aromatic amines is 1. The van der Waals surface area contributed by atoms with Gasteiger partial charge in [0.1, 0.15) is 5.69 Å². The van der Waals surface area contributed by atoms with E-state index in [0.29, 0.717) is 5.69 Å². The number of imidazole rings is 1. The molecule has 3 rings (SSSR count). The standard InChI is InChI=1S/C14H19N5O/c1-10-6-11(2)19(17-10)8-12-4-3-5-18(12)14(20)13-7-15-9-16-13/h6-7,9,12H,3-5,8H2,1-2H3,(H,15,16)/t12-/m0/s1. The second-order valence-corrected chi connectivity index (χ2v) is 5.37. The minimum atomic E-state index is 0.0338. The molecule has 1 fully saturated rings. The van der Waals surface area contributed by atoms with Crippen LogP contribution >= 0.6 is 0 Å². The lowest BCUT2D eigenvalue weighted by molar-refractivity contribution is 0.0715. The molecular weight excluding hydrogens is 254 g/mol. The van der Waals surface area contributed by atoms with Crippen LogP contribution in [0.25, 0.3) is 0 Å². The minimum Gasteiger partial charge on any atom is -0.341 e. The van der Waals surface area contributed by atoms with Crippen LogP contribution in [0.4, 0.5) is 0 Å². The molecule has 0 saturated carbocycles. The zero-order valence-corrected chi connectivity index (χ0v) is 11.8. The van der Waals surface area contributed by atoms with E-state index in [4.69, 9.17) is 0 Å². The number of hydrogen-bond donors (Lipinski definition) is 1. The summed E-state index contributed by atoms with van der Waals surface area (Å²) < 4.78 is 2.00. The number of rotatable bonds is 3. The molecule has 0 bridgehead atoms. The highest BCUT2D eigenvalue weighted by Gasteiger charge is 2.30. The Kier molecular flexibility index (Phi) is 3.30. The molecule has 6 heteroatoms. The molecule has 3 heterocycles. The van der Waals surface area contributed by atoms with Crippen LogP contribution in [0.15, 0.2) is 18.6 Å². The Bertz CT molecular complexity index is 601. The van der Waals surface area contributed by atoms with E-state index in [9.17, 15) is 4.79 Å². The van der Waals surface area contributed by atoms with Crippen molar-refractivity contribution in [2.75, 3.05) is 6.54 Å². The van der Waals surface area contributed by atoms with Crippen molar-refractivity contribution in [1.29, 1.82) is 0 Å². The van der Waals surface area contributed by atoms with Gasteiger partial charge in [-0.2, -0.15) is 5.10 Å². The van der Waals surface area contributed by atoms with Gasteiger partial charge in [-0.05, 0) is 32.8 Å². The molecule has 2 aromatic heterocycles. The van der Waals surface area contributed by atoms with Crippen molar-refractivity contribution < 1.29 is 4.79 Å². The summed E-state index contributed by atoms with van der Waals surface area (Å²) in [6.45, 7) is 5.61. The van der Waals surface area contributed by atoms with E-state index in [2.05, 4.69) is 28.1 Å². The van der Waals surface area contributed by atoms with Gasteiger partial charge in [0.2, 0.25) is 0 Å². The van der Waals surface area contributed by atoms with E-state index >= 15 is 0 Å². The quantitative estimate of drug-likeness (QED) is 0.922. The van der Waals surface area contributed by atoms with E-state index in [0.717, 1.165) is 37.3 Å². The average Bonchev–Trinajstić information content (AvgIpc) is 3.12. The zero-order valence-electron chi connectivity index (χ0n) is 11.8. The molecule has 1 amide bonds. The first-order valence-electron chi connectivity index (χ1n) is 6.95. The highest BCUT2D eigenvalue weighted by atomic mass is 16.2. The molecular formula is C14H19N5O. The smallest absolute Gasteiger partial charge is 0.272 e. The van der Waals surface area contributed by atoms with Gasteiger partial charge in [0.15, 0.2) is 0 Å². The van der Waals surface area contributed by atoms with E-state index < -0.39 is 0 Å². The van der Waals surface area contributed by atoms with Crippen molar-refractivity contribution in [2.24, 2.45) is 0 Å². The van der Waals surface area contributed by atoms with E-state index in [-0.39, 0.29) is 11.9 Å². The first-order chi connectivity index (χ1) is 9.65. The Labute approximate surface area is 117 Å². The molecule has 0 spiro atoms. The zero-order chi connectivity index (χ0) is 14.1. The van der Waals surface area contributed by atoms with E-state index in [1.165, 1.54) is 0 Å². The van der Waals surface area contributed by atoms with Crippen LogP contribution in [0.2, 0.25) is 0 Å². The molecule has 0 radical (unpaired) electrons. The molecule has 2 aromatic rings. The minimum absolute atomic E-state index is 0.0338. The molecule has 1 atom stereocenters. The molecule has 1 aliphatic rings. The largest absolute Gasteiger partial charge is 0.341 e. The number of carbonyl (C=O) groups is 1. The lowest BCUT2D eigenvalue weighted by Gasteiger charge is -2.24. The molecule has 1 saturated heterocycles. The summed E-state index contributed by atoms with van der Waals surface area (Å²) in [5, 5.41) is 4.49. The van der Waals surface area contributed by atoms with Crippen LogP contribution in [0.1, 0.15) is 34.7 Å². The van der Waals surface area contributed by atoms with Crippen LogP contribution in [-0.2, 0) is 6.54 Å². The Balaban J connectivity index is 1.76. The van der Waals surface area contributed by atoms with Gasteiger partial charge in [-0.15, -0.1) is 0 Å². The summed E-state index contributed by atoms with van der Waals surface area (Å²) in [6.07, 6.45) is 5.20. The fourth-order valence-electron chi connectivity index (χ4n) is 2.88. The van der Waals surface area contributed by atoms with Gasteiger partial charge in [0.05, 0.1) is 30.8 Å². The summed E-state index contributed by atoms with van der Waals surface area (Å²) in [6, 6.07) is 2.28. The maximum absolute atomic E-state index is 12.4. The maximum Gasteiger partial charge on any atom is 0.272 e. The molecule has 1 aliphatic heterocycles. The second-order valence-electron chi connectivity index (χ2n) is 5.37. The van der Waals surface area contributed by atoms with Crippen LogP contribution in [0.3, 0.4) is 0 Å². The first kappa shape index (κ1) is 12.9. The number of amides is 1. The van der Waals surface area contributed by atoms with Gasteiger partial charge in [0.25, 0.3) is 5.91 Å².